The van der Waals surface area contributed by atoms with Gasteiger partial charge in [-0.05, 0) is 231 Å². The largest absolute Gasteiger partial charge is 0.413 e. The smallest absolute Gasteiger partial charge is 0.192 e. The van der Waals surface area contributed by atoms with Gasteiger partial charge in [-0.25, -0.2) is 0 Å². The minimum absolute atomic E-state index is 0.0449. The standard InChI is InChI=1S/C29H50O3Si.C28H46O4Si.C4H10O/c1-18-13-15-28(7)20-14-16-29(8)19(11-12-22(29)32-33(9,10)26(2,3)4)23(20)25-24(21(28)17-18)30-27(5,6)31-25;1-25(2,3)33(8,9)32-21-11-10-18-22-19(13-15-28(18,21)7)27(6)14-12-17(29)16-20(27)23-24(22)31-26(4,5)30-23;1-4(2,3)5/h17,19-25H,11-16H2,1-10H3;16,18-19,21-24H,10-15H2,1-9H3;5H,1-3H3/t19?,20?,21?,22?,23?,24?,25?,28-,29+;18?,19?,21?,22?,23?,24?,27-,28+;/m11./s1. The maximum absolute atomic E-state index is 12.5. The van der Waals surface area contributed by atoms with E-state index in [1.54, 1.807) is 26.3 Å². The Labute approximate surface area is 436 Å². The van der Waals surface area contributed by atoms with Crippen LogP contribution in [0.2, 0.25) is 36.3 Å². The van der Waals surface area contributed by atoms with Crippen molar-refractivity contribution >= 4 is 22.4 Å². The van der Waals surface area contributed by atoms with E-state index >= 15 is 0 Å². The molecule has 2 saturated heterocycles. The molecule has 13 unspecified atom stereocenters. The van der Waals surface area contributed by atoms with Gasteiger partial charge in [0.15, 0.2) is 34.0 Å². The average Bonchev–Trinajstić information content (AvgIpc) is 3.93. The first kappa shape index (κ1) is 56.5. The van der Waals surface area contributed by atoms with E-state index in [4.69, 9.17) is 32.9 Å². The Balaban J connectivity index is 0.000000174. The van der Waals surface area contributed by atoms with Crippen molar-refractivity contribution < 1.29 is 37.7 Å². The summed E-state index contributed by atoms with van der Waals surface area (Å²) in [5.74, 6) is 3.30. The van der Waals surface area contributed by atoms with Crippen molar-refractivity contribution in [2.24, 2.45) is 63.1 Å². The maximum Gasteiger partial charge on any atom is 0.192 e. The predicted octanol–water partition coefficient (Wildman–Crippen LogP) is 15.1. The maximum atomic E-state index is 12.5. The highest BCUT2D eigenvalue weighted by Crippen LogP contribution is 2.70. The number of carbonyl (C=O) groups excluding carboxylic acids is 1. The molecule has 0 aromatic heterocycles. The van der Waals surface area contributed by atoms with Crippen molar-refractivity contribution in [1.82, 2.24) is 0 Å². The molecule has 0 spiro atoms. The van der Waals surface area contributed by atoms with Crippen LogP contribution in [0.4, 0.5) is 0 Å². The van der Waals surface area contributed by atoms with Crippen molar-refractivity contribution in [2.75, 3.05) is 0 Å². The molecule has 2 aliphatic heterocycles. The summed E-state index contributed by atoms with van der Waals surface area (Å²) in [4.78, 5) is 12.5. The number of allylic oxidation sites excluding steroid dienone is 1. The molecule has 10 heteroatoms. The van der Waals surface area contributed by atoms with Crippen LogP contribution in [0.5, 0.6) is 0 Å². The molecule has 10 aliphatic rings. The van der Waals surface area contributed by atoms with Crippen LogP contribution < -0.4 is 0 Å². The number of fused-ring (bicyclic) bond motifs is 16. The van der Waals surface area contributed by atoms with Gasteiger partial charge in [0.25, 0.3) is 0 Å². The summed E-state index contributed by atoms with van der Waals surface area (Å²) in [7, 11) is -3.64. The van der Waals surface area contributed by atoms with Gasteiger partial charge in [0.05, 0.1) is 36.1 Å². The van der Waals surface area contributed by atoms with Gasteiger partial charge in [-0.2, -0.15) is 0 Å². The summed E-state index contributed by atoms with van der Waals surface area (Å²) in [5.41, 5.74) is 3.11. The monoisotopic (exact) mass is 1020 g/mol. The average molecular weight is 1020 g/mol. The summed E-state index contributed by atoms with van der Waals surface area (Å²) in [5, 5.41) is 9.00. The van der Waals surface area contributed by atoms with Crippen LogP contribution in [0.25, 0.3) is 0 Å². The first-order valence-corrected chi connectivity index (χ1v) is 34.7. The molecule has 0 aromatic carbocycles. The molecule has 6 saturated carbocycles. The molecule has 71 heavy (non-hydrogen) atoms. The Morgan fingerprint density at radius 1 is 0.563 bits per heavy atom. The molecule has 0 radical (unpaired) electrons. The molecule has 2 heterocycles. The van der Waals surface area contributed by atoms with Crippen LogP contribution in [0.15, 0.2) is 23.3 Å². The molecule has 8 nitrogen and oxygen atoms in total. The quantitative estimate of drug-likeness (QED) is 0.220. The van der Waals surface area contributed by atoms with Gasteiger partial charge in [-0.3, -0.25) is 4.79 Å². The van der Waals surface area contributed by atoms with E-state index in [9.17, 15) is 4.79 Å². The summed E-state index contributed by atoms with van der Waals surface area (Å²) in [6.45, 7) is 49.9. The summed E-state index contributed by atoms with van der Waals surface area (Å²) < 4.78 is 41.1. The van der Waals surface area contributed by atoms with E-state index in [1.807, 2.05) is 19.9 Å². The van der Waals surface area contributed by atoms with E-state index in [-0.39, 0.29) is 56.5 Å². The minimum Gasteiger partial charge on any atom is -0.413 e. The lowest BCUT2D eigenvalue weighted by atomic mass is 9.44. The second kappa shape index (κ2) is 18.2. The highest BCUT2D eigenvalue weighted by molar-refractivity contribution is 6.74. The third-order valence-corrected chi connectivity index (χ3v) is 31.5. The minimum atomic E-state index is -1.84. The zero-order valence-electron chi connectivity index (χ0n) is 49.5. The second-order valence-corrected chi connectivity index (χ2v) is 40.9. The SMILES string of the molecule is CC(C)(C)O.CC1(C)OC2C3=CC(=O)CC[C@]3(C)C3CC[C@]4(C)C(O[Si](C)(C)C(C)(C)C)CCC4C3C2O1.CC1=CC2C3OC(C)(C)OC3C3C(CC[C@]4(C)C(O[Si](C)(C)C(C)(C)C)CCC34)[C@@]2(C)CC1. The molecule has 8 aliphatic carbocycles. The number of hydrogen-bond donors (Lipinski definition) is 1. The second-order valence-electron chi connectivity index (χ2n) is 31.3. The van der Waals surface area contributed by atoms with Gasteiger partial charge in [0, 0.05) is 12.3 Å². The summed E-state index contributed by atoms with van der Waals surface area (Å²) in [6, 6.07) is 0. The van der Waals surface area contributed by atoms with Crippen molar-refractivity contribution in [3.05, 3.63) is 23.3 Å². The molecule has 10 rings (SSSR count). The molecule has 406 valence electrons. The van der Waals surface area contributed by atoms with E-state index in [2.05, 4.69) is 122 Å². The Hall–Kier alpha value is -0.696. The first-order valence-electron chi connectivity index (χ1n) is 28.9. The molecular weight excluding hydrogens is 917 g/mol. The fraction of sp³-hybridized carbons (Fsp3) is 0.918. The number of rotatable bonds is 4. The molecular formula is C61H106O8Si2. The number of ether oxygens (including phenoxy) is 4. The van der Waals surface area contributed by atoms with E-state index in [0.717, 1.165) is 18.8 Å². The molecule has 0 bridgehead atoms. The molecule has 0 aromatic rings. The van der Waals surface area contributed by atoms with Crippen LogP contribution in [-0.2, 0) is 32.6 Å². The van der Waals surface area contributed by atoms with Gasteiger partial charge < -0.3 is 32.9 Å². The Kier molecular flexibility index (Phi) is 14.5. The first-order chi connectivity index (χ1) is 32.2. The fourth-order valence-corrected chi connectivity index (χ4v) is 19.6. The zero-order valence-corrected chi connectivity index (χ0v) is 51.5. The Morgan fingerprint density at radius 3 is 1.51 bits per heavy atom. The zero-order chi connectivity index (χ0) is 52.9. The van der Waals surface area contributed by atoms with Crippen molar-refractivity contribution in [2.45, 2.75) is 292 Å². The van der Waals surface area contributed by atoms with Crippen LogP contribution in [0, 0.1) is 63.1 Å². The van der Waals surface area contributed by atoms with Gasteiger partial charge in [-0.1, -0.05) is 80.9 Å². The molecule has 0 amide bonds. The number of carbonyl (C=O) groups is 1. The lowest BCUT2D eigenvalue weighted by molar-refractivity contribution is -0.171. The van der Waals surface area contributed by atoms with Gasteiger partial charge in [0.1, 0.15) is 6.10 Å². The number of aliphatic hydroxyl groups is 1. The van der Waals surface area contributed by atoms with Gasteiger partial charge in [-0.15, -0.1) is 0 Å². The van der Waals surface area contributed by atoms with Crippen molar-refractivity contribution in [1.29, 1.82) is 0 Å². The number of ketones is 1. The van der Waals surface area contributed by atoms with Crippen molar-refractivity contribution in [3.8, 4) is 0 Å². The predicted molar refractivity (Wildman–Crippen MR) is 293 cm³/mol. The summed E-state index contributed by atoms with van der Waals surface area (Å²) >= 11 is 0. The van der Waals surface area contributed by atoms with Crippen molar-refractivity contribution in [3.63, 3.8) is 0 Å². The van der Waals surface area contributed by atoms with Gasteiger partial charge >= 0.3 is 0 Å². The lowest BCUT2D eigenvalue weighted by Gasteiger charge is -2.62. The van der Waals surface area contributed by atoms with Crippen LogP contribution in [0.3, 0.4) is 0 Å². The van der Waals surface area contributed by atoms with Crippen LogP contribution >= 0.6 is 0 Å². The van der Waals surface area contributed by atoms with E-state index < -0.39 is 33.8 Å². The third kappa shape index (κ3) is 9.99. The van der Waals surface area contributed by atoms with E-state index in [0.29, 0.717) is 59.6 Å². The Morgan fingerprint density at radius 2 is 1.00 bits per heavy atom. The fourth-order valence-electron chi connectivity index (χ4n) is 16.7. The van der Waals surface area contributed by atoms with Crippen LogP contribution in [0.1, 0.15) is 202 Å². The lowest BCUT2D eigenvalue weighted by Crippen LogP contribution is -2.62. The Bertz CT molecular complexity index is 2060. The summed E-state index contributed by atoms with van der Waals surface area (Å²) in [6.07, 6.45) is 19.8. The highest BCUT2D eigenvalue weighted by atomic mass is 28.4. The van der Waals surface area contributed by atoms with Crippen LogP contribution in [-0.4, -0.2) is 81.3 Å². The third-order valence-electron chi connectivity index (χ3n) is 22.5. The number of hydrogen-bond acceptors (Lipinski definition) is 8. The highest BCUT2D eigenvalue weighted by Gasteiger charge is 2.70. The molecule has 17 atom stereocenters. The normalized spacial score (nSPS) is 45.4. The van der Waals surface area contributed by atoms with Gasteiger partial charge in [0.2, 0.25) is 0 Å². The van der Waals surface area contributed by atoms with E-state index in [1.165, 1.54) is 63.4 Å². The topological polar surface area (TPSA) is 92.7 Å². The molecule has 1 N–H and O–H groups in total. The molecule has 8 fully saturated rings.